The van der Waals surface area contributed by atoms with Crippen LogP contribution in [0.5, 0.6) is 0 Å². The Morgan fingerprint density at radius 1 is 0.923 bits per heavy atom. The fraction of sp³-hybridized carbons (Fsp3) is 0.565. The van der Waals surface area contributed by atoms with Crippen molar-refractivity contribution >= 4 is 5.57 Å². The Balaban J connectivity index is 1.68. The zero-order chi connectivity index (χ0) is 18.6. The predicted octanol–water partition coefficient (Wildman–Crippen LogP) is 7.58. The largest absolute Gasteiger partial charge is 0.276 e. The molecule has 0 heterocycles. The third-order valence-corrected chi connectivity index (χ3v) is 6.10. The van der Waals surface area contributed by atoms with Crippen LogP contribution in [0.2, 0.25) is 0 Å². The Morgan fingerprint density at radius 3 is 2.15 bits per heavy atom. The molecule has 0 amide bonds. The van der Waals surface area contributed by atoms with Gasteiger partial charge >= 0.3 is 0 Å². The highest BCUT2D eigenvalue weighted by atomic mass is 19.3. The van der Waals surface area contributed by atoms with Gasteiger partial charge in [-0.15, -0.1) is 0 Å². The standard InChI is InChI=1S/C23H29F3/c1-2-6-17-9-11-18(12-10-17)13-14-22-21(19-7-4-3-5-8-19)15-20(24)16-23(22,25)26/h3-5,7-8,15-18,22H,2,6,9-14H2,1H3. The second-order valence-corrected chi connectivity index (χ2v) is 7.97. The molecule has 1 unspecified atom stereocenters. The van der Waals surface area contributed by atoms with Crippen LogP contribution >= 0.6 is 0 Å². The molecule has 1 aromatic rings. The molecule has 1 fully saturated rings. The van der Waals surface area contributed by atoms with Crippen molar-refractivity contribution in [2.45, 2.75) is 64.2 Å². The fourth-order valence-electron chi connectivity index (χ4n) is 4.67. The summed E-state index contributed by atoms with van der Waals surface area (Å²) in [7, 11) is 0. The topological polar surface area (TPSA) is 0 Å². The number of hydrogen-bond acceptors (Lipinski definition) is 0. The molecule has 0 radical (unpaired) electrons. The second kappa shape index (κ2) is 8.45. The summed E-state index contributed by atoms with van der Waals surface area (Å²) in [5.74, 6) is -3.53. The number of halogens is 3. The Hall–Kier alpha value is -1.51. The van der Waals surface area contributed by atoms with Crippen molar-refractivity contribution in [1.29, 1.82) is 0 Å². The van der Waals surface area contributed by atoms with E-state index in [0.717, 1.165) is 25.2 Å². The van der Waals surface area contributed by atoms with Crippen molar-refractivity contribution in [2.24, 2.45) is 17.8 Å². The first-order chi connectivity index (χ1) is 12.5. The van der Waals surface area contributed by atoms with Crippen LogP contribution in [0.4, 0.5) is 13.2 Å². The molecule has 1 atom stereocenters. The normalized spacial score (nSPS) is 28.4. The molecule has 0 saturated heterocycles. The Bertz CT molecular complexity index is 637. The first-order valence-corrected chi connectivity index (χ1v) is 10.0. The van der Waals surface area contributed by atoms with E-state index in [1.165, 1.54) is 31.8 Å². The van der Waals surface area contributed by atoms with Crippen LogP contribution in [0.25, 0.3) is 5.57 Å². The number of allylic oxidation sites excluding steroid dienone is 4. The Morgan fingerprint density at radius 2 is 1.54 bits per heavy atom. The van der Waals surface area contributed by atoms with Gasteiger partial charge in [0.15, 0.2) is 0 Å². The molecule has 0 aromatic heterocycles. The maximum atomic E-state index is 14.6. The van der Waals surface area contributed by atoms with Crippen LogP contribution in [0.3, 0.4) is 0 Å². The summed E-state index contributed by atoms with van der Waals surface area (Å²) >= 11 is 0. The van der Waals surface area contributed by atoms with E-state index in [4.69, 9.17) is 0 Å². The smallest absolute Gasteiger partial charge is 0.207 e. The highest BCUT2D eigenvalue weighted by Gasteiger charge is 2.43. The van der Waals surface area contributed by atoms with Gasteiger partial charge in [-0.1, -0.05) is 75.8 Å². The van der Waals surface area contributed by atoms with Crippen molar-refractivity contribution < 1.29 is 13.2 Å². The molecule has 0 aliphatic heterocycles. The van der Waals surface area contributed by atoms with Crippen molar-refractivity contribution in [3.63, 3.8) is 0 Å². The number of alkyl halides is 2. The lowest BCUT2D eigenvalue weighted by Gasteiger charge is -2.33. The van der Waals surface area contributed by atoms with E-state index in [2.05, 4.69) is 6.92 Å². The Kier molecular flexibility index (Phi) is 6.26. The first-order valence-electron chi connectivity index (χ1n) is 10.0. The molecule has 3 heteroatoms. The van der Waals surface area contributed by atoms with Gasteiger partial charge in [0.25, 0.3) is 5.92 Å². The van der Waals surface area contributed by atoms with Crippen LogP contribution in [-0.4, -0.2) is 5.92 Å². The van der Waals surface area contributed by atoms with E-state index in [1.54, 1.807) is 12.1 Å². The van der Waals surface area contributed by atoms with Gasteiger partial charge in [-0.2, -0.15) is 0 Å². The molecule has 142 valence electrons. The van der Waals surface area contributed by atoms with Gasteiger partial charge < -0.3 is 0 Å². The monoisotopic (exact) mass is 362 g/mol. The van der Waals surface area contributed by atoms with Crippen LogP contribution in [-0.2, 0) is 0 Å². The van der Waals surface area contributed by atoms with E-state index < -0.39 is 17.7 Å². The van der Waals surface area contributed by atoms with E-state index in [0.29, 0.717) is 29.6 Å². The molecule has 26 heavy (non-hydrogen) atoms. The summed E-state index contributed by atoms with van der Waals surface area (Å²) in [4.78, 5) is 0. The predicted molar refractivity (Wildman–Crippen MR) is 102 cm³/mol. The highest BCUT2D eigenvalue weighted by Crippen LogP contribution is 2.46. The van der Waals surface area contributed by atoms with Crippen molar-refractivity contribution in [3.8, 4) is 0 Å². The SMILES string of the molecule is CCCC1CCC(CCC2C(c3ccccc3)=CC(F)=CC2(F)F)CC1. The Labute approximate surface area is 155 Å². The third kappa shape index (κ3) is 4.61. The molecule has 1 saturated carbocycles. The number of hydrogen-bond donors (Lipinski definition) is 0. The van der Waals surface area contributed by atoms with E-state index in [1.807, 2.05) is 18.2 Å². The minimum atomic E-state index is -3.12. The lowest BCUT2D eigenvalue weighted by Crippen LogP contribution is -2.30. The fourth-order valence-corrected chi connectivity index (χ4v) is 4.67. The van der Waals surface area contributed by atoms with Gasteiger partial charge in [-0.3, -0.25) is 0 Å². The molecular weight excluding hydrogens is 333 g/mol. The number of rotatable bonds is 6. The number of benzene rings is 1. The average Bonchev–Trinajstić information content (AvgIpc) is 2.62. The lowest BCUT2D eigenvalue weighted by molar-refractivity contribution is 0.00521. The van der Waals surface area contributed by atoms with Crippen LogP contribution in [0.1, 0.15) is 63.9 Å². The van der Waals surface area contributed by atoms with E-state index >= 15 is 0 Å². The van der Waals surface area contributed by atoms with E-state index in [-0.39, 0.29) is 0 Å². The third-order valence-electron chi connectivity index (χ3n) is 6.10. The zero-order valence-electron chi connectivity index (χ0n) is 15.6. The average molecular weight is 362 g/mol. The maximum absolute atomic E-state index is 14.6. The summed E-state index contributed by atoms with van der Waals surface area (Å²) < 4.78 is 43.0. The summed E-state index contributed by atoms with van der Waals surface area (Å²) in [6.45, 7) is 2.22. The van der Waals surface area contributed by atoms with Gasteiger partial charge in [0.2, 0.25) is 0 Å². The van der Waals surface area contributed by atoms with Crippen molar-refractivity contribution in [3.05, 3.63) is 53.9 Å². The van der Waals surface area contributed by atoms with Crippen LogP contribution < -0.4 is 0 Å². The first kappa shape index (κ1) is 19.3. The minimum Gasteiger partial charge on any atom is -0.207 e. The molecule has 0 nitrogen and oxygen atoms in total. The molecule has 2 aliphatic carbocycles. The zero-order valence-corrected chi connectivity index (χ0v) is 15.6. The van der Waals surface area contributed by atoms with Gasteiger partial charge in [0, 0.05) is 6.08 Å². The summed E-state index contributed by atoms with van der Waals surface area (Å²) in [5, 5.41) is 0. The van der Waals surface area contributed by atoms with Gasteiger partial charge in [0.05, 0.1) is 5.92 Å². The summed E-state index contributed by atoms with van der Waals surface area (Å²) in [5.41, 5.74) is 1.14. The molecule has 0 N–H and O–H groups in total. The summed E-state index contributed by atoms with van der Waals surface area (Å²) in [6, 6.07) is 9.07. The summed E-state index contributed by atoms with van der Waals surface area (Å²) in [6.07, 6.45) is 10.3. The van der Waals surface area contributed by atoms with Crippen molar-refractivity contribution in [1.82, 2.24) is 0 Å². The molecular formula is C23H29F3. The molecule has 1 aromatic carbocycles. The van der Waals surface area contributed by atoms with Gasteiger partial charge in [-0.25, -0.2) is 13.2 Å². The minimum absolute atomic E-state index is 0.417. The quantitative estimate of drug-likeness (QED) is 0.489. The van der Waals surface area contributed by atoms with Gasteiger partial charge in [-0.05, 0) is 41.9 Å². The maximum Gasteiger partial charge on any atom is 0.276 e. The molecule has 0 bridgehead atoms. The lowest BCUT2D eigenvalue weighted by atomic mass is 9.75. The van der Waals surface area contributed by atoms with Crippen LogP contribution in [0, 0.1) is 17.8 Å². The van der Waals surface area contributed by atoms with Crippen LogP contribution in [0.15, 0.2) is 48.3 Å². The molecule has 2 aliphatic rings. The molecule has 0 spiro atoms. The second-order valence-electron chi connectivity index (χ2n) is 7.97. The van der Waals surface area contributed by atoms with Crippen molar-refractivity contribution in [2.75, 3.05) is 0 Å². The van der Waals surface area contributed by atoms with Gasteiger partial charge in [0.1, 0.15) is 5.83 Å². The highest BCUT2D eigenvalue weighted by molar-refractivity contribution is 5.72. The van der Waals surface area contributed by atoms with E-state index in [9.17, 15) is 13.2 Å². The molecule has 3 rings (SSSR count).